The van der Waals surface area contributed by atoms with Crippen LogP contribution in [-0.2, 0) is 10.8 Å². The SMILES string of the molecule is CC1(C)c2ccc3c([nH]c4c3ccc3c5ccccc5oc34)c2C(C)(C)C1(C)C. The van der Waals surface area contributed by atoms with Crippen LogP contribution in [-0.4, -0.2) is 4.98 Å². The van der Waals surface area contributed by atoms with Crippen LogP contribution in [0.4, 0.5) is 0 Å². The van der Waals surface area contributed by atoms with Gasteiger partial charge in [-0.2, -0.15) is 0 Å². The summed E-state index contributed by atoms with van der Waals surface area (Å²) < 4.78 is 6.32. The molecule has 29 heavy (non-hydrogen) atoms. The summed E-state index contributed by atoms with van der Waals surface area (Å²) in [6.07, 6.45) is 0. The topological polar surface area (TPSA) is 28.9 Å². The molecule has 2 heterocycles. The quantitative estimate of drug-likeness (QED) is 0.291. The number of furan rings is 1. The summed E-state index contributed by atoms with van der Waals surface area (Å²) in [5.74, 6) is 0. The van der Waals surface area contributed by atoms with Gasteiger partial charge in [0.25, 0.3) is 0 Å². The van der Waals surface area contributed by atoms with E-state index < -0.39 is 0 Å². The van der Waals surface area contributed by atoms with Crippen molar-refractivity contribution < 1.29 is 4.42 Å². The lowest BCUT2D eigenvalue weighted by Crippen LogP contribution is -2.42. The van der Waals surface area contributed by atoms with Crippen molar-refractivity contribution in [3.8, 4) is 0 Å². The van der Waals surface area contributed by atoms with Gasteiger partial charge in [-0.3, -0.25) is 0 Å². The van der Waals surface area contributed by atoms with Crippen molar-refractivity contribution in [2.75, 3.05) is 0 Å². The summed E-state index contributed by atoms with van der Waals surface area (Å²) in [5, 5.41) is 4.89. The van der Waals surface area contributed by atoms with E-state index in [0.717, 1.165) is 16.7 Å². The van der Waals surface area contributed by atoms with E-state index in [2.05, 4.69) is 89.0 Å². The van der Waals surface area contributed by atoms with Crippen LogP contribution in [0.1, 0.15) is 52.7 Å². The van der Waals surface area contributed by atoms with Crippen molar-refractivity contribution in [1.29, 1.82) is 0 Å². The Bertz CT molecular complexity index is 1470. The third-order valence-electron chi connectivity index (χ3n) is 8.72. The molecule has 0 aliphatic heterocycles. The van der Waals surface area contributed by atoms with Gasteiger partial charge in [0.2, 0.25) is 0 Å². The summed E-state index contributed by atoms with van der Waals surface area (Å²) >= 11 is 0. The molecule has 1 aliphatic carbocycles. The van der Waals surface area contributed by atoms with Crippen molar-refractivity contribution in [3.63, 3.8) is 0 Å². The number of para-hydroxylation sites is 1. The van der Waals surface area contributed by atoms with Crippen molar-refractivity contribution >= 4 is 43.7 Å². The normalized spacial score (nSPS) is 19.5. The molecule has 0 radical (unpaired) electrons. The van der Waals surface area contributed by atoms with Crippen LogP contribution in [0.5, 0.6) is 0 Å². The molecule has 0 unspecified atom stereocenters. The molecule has 1 aliphatic rings. The molecule has 146 valence electrons. The molecule has 2 aromatic heterocycles. The Kier molecular flexibility index (Phi) is 2.88. The van der Waals surface area contributed by atoms with Gasteiger partial charge in [0, 0.05) is 21.5 Å². The first-order valence-corrected chi connectivity index (χ1v) is 10.6. The van der Waals surface area contributed by atoms with Crippen LogP contribution in [0.25, 0.3) is 43.7 Å². The number of aromatic amines is 1. The molecule has 0 saturated carbocycles. The van der Waals surface area contributed by atoms with Gasteiger partial charge in [-0.25, -0.2) is 0 Å². The maximum atomic E-state index is 6.32. The Hall–Kier alpha value is -2.74. The molecule has 0 fully saturated rings. The first kappa shape index (κ1) is 17.1. The predicted molar refractivity (Wildman–Crippen MR) is 123 cm³/mol. The number of aromatic nitrogens is 1. The van der Waals surface area contributed by atoms with Gasteiger partial charge in [0.1, 0.15) is 5.58 Å². The van der Waals surface area contributed by atoms with Crippen molar-refractivity contribution in [1.82, 2.24) is 4.98 Å². The van der Waals surface area contributed by atoms with Crippen LogP contribution in [0.3, 0.4) is 0 Å². The Balaban J connectivity index is 1.80. The van der Waals surface area contributed by atoms with Gasteiger partial charge in [-0.1, -0.05) is 77.9 Å². The standard InChI is InChI=1S/C27H27NO/c1-25(2)19-14-13-16-17-11-12-18-15-9-7-8-10-20(15)29-24(18)23(17)28-22(16)21(19)26(3,4)27(25,5)6/h7-14,28H,1-6H3. The zero-order chi connectivity index (χ0) is 20.3. The highest BCUT2D eigenvalue weighted by molar-refractivity contribution is 6.20. The summed E-state index contributed by atoms with van der Waals surface area (Å²) in [6, 6.07) is 17.4. The van der Waals surface area contributed by atoms with Crippen LogP contribution in [0.15, 0.2) is 52.9 Å². The van der Waals surface area contributed by atoms with Gasteiger partial charge in [0.15, 0.2) is 5.58 Å². The van der Waals surface area contributed by atoms with E-state index in [0.29, 0.717) is 0 Å². The average molecular weight is 382 g/mol. The van der Waals surface area contributed by atoms with Gasteiger partial charge < -0.3 is 9.40 Å². The minimum Gasteiger partial charge on any atom is -0.454 e. The number of rotatable bonds is 0. The Labute approximate surface area is 170 Å². The minimum absolute atomic E-state index is 0.0548. The summed E-state index contributed by atoms with van der Waals surface area (Å²) in [7, 11) is 0. The second-order valence-electron chi connectivity index (χ2n) is 10.4. The number of nitrogens with one attached hydrogen (secondary N) is 1. The van der Waals surface area contributed by atoms with Gasteiger partial charge in [-0.15, -0.1) is 0 Å². The number of fused-ring (bicyclic) bond motifs is 9. The molecule has 0 saturated heterocycles. The third kappa shape index (κ3) is 1.75. The molecule has 0 atom stereocenters. The molecule has 3 aromatic carbocycles. The molecule has 2 nitrogen and oxygen atoms in total. The van der Waals surface area contributed by atoms with Gasteiger partial charge >= 0.3 is 0 Å². The lowest BCUT2D eigenvalue weighted by Gasteiger charge is -2.44. The van der Waals surface area contributed by atoms with Crippen LogP contribution >= 0.6 is 0 Å². The first-order chi connectivity index (χ1) is 13.7. The van der Waals surface area contributed by atoms with Crippen molar-refractivity contribution in [2.45, 2.75) is 52.4 Å². The number of benzene rings is 3. The van der Waals surface area contributed by atoms with Crippen LogP contribution in [0.2, 0.25) is 0 Å². The highest BCUT2D eigenvalue weighted by Crippen LogP contribution is 2.63. The third-order valence-corrected chi connectivity index (χ3v) is 8.72. The largest absolute Gasteiger partial charge is 0.454 e. The summed E-state index contributed by atoms with van der Waals surface area (Å²) in [5.41, 5.74) is 7.52. The van der Waals surface area contributed by atoms with E-state index in [1.165, 1.54) is 38.2 Å². The van der Waals surface area contributed by atoms with E-state index in [9.17, 15) is 0 Å². The molecule has 0 amide bonds. The fraction of sp³-hybridized carbons (Fsp3) is 0.333. The van der Waals surface area contributed by atoms with E-state index in [-0.39, 0.29) is 16.2 Å². The zero-order valence-electron chi connectivity index (χ0n) is 18.0. The molecule has 0 bridgehead atoms. The van der Waals surface area contributed by atoms with Crippen LogP contribution in [0, 0.1) is 5.41 Å². The lowest BCUT2D eigenvalue weighted by atomic mass is 9.59. The lowest BCUT2D eigenvalue weighted by molar-refractivity contribution is 0.125. The van der Waals surface area contributed by atoms with Crippen LogP contribution < -0.4 is 0 Å². The zero-order valence-corrected chi connectivity index (χ0v) is 18.0. The monoisotopic (exact) mass is 381 g/mol. The average Bonchev–Trinajstić information content (AvgIpc) is 3.27. The Morgan fingerprint density at radius 1 is 0.655 bits per heavy atom. The molecular formula is C27H27NO. The molecule has 1 N–H and O–H groups in total. The fourth-order valence-electron chi connectivity index (χ4n) is 5.82. The van der Waals surface area contributed by atoms with Crippen molar-refractivity contribution in [3.05, 3.63) is 59.7 Å². The van der Waals surface area contributed by atoms with E-state index in [1.54, 1.807) is 0 Å². The maximum Gasteiger partial charge on any atom is 0.159 e. The predicted octanol–water partition coefficient (Wildman–Crippen LogP) is 7.82. The summed E-state index contributed by atoms with van der Waals surface area (Å²) in [6.45, 7) is 14.4. The highest BCUT2D eigenvalue weighted by atomic mass is 16.3. The second kappa shape index (κ2) is 4.87. The molecule has 2 heteroatoms. The first-order valence-electron chi connectivity index (χ1n) is 10.6. The number of H-pyrrole nitrogens is 1. The molecular weight excluding hydrogens is 354 g/mol. The van der Waals surface area contributed by atoms with E-state index in [1.807, 2.05) is 6.07 Å². The second-order valence-corrected chi connectivity index (χ2v) is 10.4. The van der Waals surface area contributed by atoms with Gasteiger partial charge in [0.05, 0.1) is 11.0 Å². The highest BCUT2D eigenvalue weighted by Gasteiger charge is 2.57. The molecule has 5 aromatic rings. The number of hydrogen-bond acceptors (Lipinski definition) is 1. The van der Waals surface area contributed by atoms with Crippen molar-refractivity contribution in [2.24, 2.45) is 5.41 Å². The molecule has 0 spiro atoms. The molecule has 6 rings (SSSR count). The number of hydrogen-bond donors (Lipinski definition) is 1. The minimum atomic E-state index is 0.0548. The smallest absolute Gasteiger partial charge is 0.159 e. The summed E-state index contributed by atoms with van der Waals surface area (Å²) in [4.78, 5) is 3.82. The fourth-order valence-corrected chi connectivity index (χ4v) is 5.82. The van der Waals surface area contributed by atoms with E-state index >= 15 is 0 Å². The van der Waals surface area contributed by atoms with E-state index in [4.69, 9.17) is 4.42 Å². The maximum absolute atomic E-state index is 6.32. The Morgan fingerprint density at radius 2 is 1.31 bits per heavy atom. The Morgan fingerprint density at radius 3 is 2.10 bits per heavy atom. The van der Waals surface area contributed by atoms with Gasteiger partial charge in [-0.05, 0) is 39.5 Å².